The van der Waals surface area contributed by atoms with Gasteiger partial charge in [0.2, 0.25) is 5.88 Å². The predicted molar refractivity (Wildman–Crippen MR) is 38.8 cm³/mol. The minimum Gasteiger partial charge on any atom is -0.494 e. The average molecular weight is 197 g/mol. The zero-order valence-corrected chi connectivity index (χ0v) is 6.48. The molecule has 0 aliphatic heterocycles. The van der Waals surface area contributed by atoms with Gasteiger partial charge in [0, 0.05) is 6.07 Å². The molecule has 0 aliphatic rings. The topological polar surface area (TPSA) is 150 Å². The summed E-state index contributed by atoms with van der Waals surface area (Å²) in [7, 11) is -4.67. The molecule has 1 aromatic heterocycles. The minimum atomic E-state index is -4.67. The summed E-state index contributed by atoms with van der Waals surface area (Å²) in [5.74, 6) is 0.301. The van der Waals surface area contributed by atoms with Crippen LogP contribution in [-0.2, 0) is 10.4 Å². The molecule has 0 atom stereocenters. The van der Waals surface area contributed by atoms with E-state index in [-0.39, 0.29) is 5.88 Å². The maximum absolute atomic E-state index is 8.74. The van der Waals surface area contributed by atoms with E-state index in [1.165, 1.54) is 6.07 Å². The van der Waals surface area contributed by atoms with Gasteiger partial charge in [-0.2, -0.15) is 13.5 Å². The van der Waals surface area contributed by atoms with Gasteiger partial charge in [-0.15, -0.1) is 0 Å². The fourth-order valence-corrected chi connectivity index (χ4v) is 0.326. The Morgan fingerprint density at radius 2 is 1.92 bits per heavy atom. The number of H-pyrrole nitrogens is 1. The fourth-order valence-electron chi connectivity index (χ4n) is 0.326. The number of nitrogen functional groups attached to an aromatic ring is 1. The lowest BCUT2D eigenvalue weighted by Gasteiger charge is -1.69. The van der Waals surface area contributed by atoms with Gasteiger partial charge in [-0.05, 0) is 0 Å². The molecular weight excluding hydrogens is 190 g/mol. The van der Waals surface area contributed by atoms with Crippen LogP contribution in [0.15, 0.2) is 6.07 Å². The van der Waals surface area contributed by atoms with Gasteiger partial charge in [-0.25, -0.2) is 5.10 Å². The minimum absolute atomic E-state index is 0.00231. The first-order valence-corrected chi connectivity index (χ1v) is 3.88. The molecular formula is C3H7N3O5S. The summed E-state index contributed by atoms with van der Waals surface area (Å²) in [6, 6.07) is 1.33. The van der Waals surface area contributed by atoms with Gasteiger partial charge >= 0.3 is 10.4 Å². The van der Waals surface area contributed by atoms with E-state index < -0.39 is 10.4 Å². The third-order valence-corrected chi connectivity index (χ3v) is 0.584. The molecule has 0 spiro atoms. The predicted octanol–water partition coefficient (Wildman–Crippen LogP) is -0.955. The molecule has 1 rings (SSSR count). The van der Waals surface area contributed by atoms with Crippen molar-refractivity contribution in [1.29, 1.82) is 0 Å². The van der Waals surface area contributed by atoms with Crippen molar-refractivity contribution in [2.75, 3.05) is 5.73 Å². The standard InChI is InChI=1S/C3H5N3O.H2O4S/c4-2-1-3(7)6-5-2;1-5(2,3)4/h1H,(H4,4,5,6,7);(H2,1,2,3,4). The van der Waals surface area contributed by atoms with Gasteiger partial charge in [0.1, 0.15) is 5.82 Å². The Kier molecular flexibility index (Phi) is 3.47. The summed E-state index contributed by atoms with van der Waals surface area (Å²) >= 11 is 0. The van der Waals surface area contributed by atoms with E-state index in [9.17, 15) is 0 Å². The van der Waals surface area contributed by atoms with E-state index >= 15 is 0 Å². The molecule has 0 saturated heterocycles. The summed E-state index contributed by atoms with van der Waals surface area (Å²) < 4.78 is 31.6. The molecule has 0 bridgehead atoms. The van der Waals surface area contributed by atoms with Crippen LogP contribution in [0.25, 0.3) is 0 Å². The van der Waals surface area contributed by atoms with Gasteiger partial charge in [0.25, 0.3) is 0 Å². The Balaban J connectivity index is 0.000000217. The molecule has 6 N–H and O–H groups in total. The molecule has 0 unspecified atom stereocenters. The fraction of sp³-hybridized carbons (Fsp3) is 0. The zero-order valence-electron chi connectivity index (χ0n) is 5.67. The first-order chi connectivity index (χ1) is 5.29. The molecule has 0 aromatic carbocycles. The van der Waals surface area contributed by atoms with Crippen LogP contribution in [0.5, 0.6) is 5.88 Å². The van der Waals surface area contributed by atoms with Crippen molar-refractivity contribution in [3.63, 3.8) is 0 Å². The van der Waals surface area contributed by atoms with Crippen LogP contribution in [0.4, 0.5) is 5.82 Å². The molecule has 70 valence electrons. The number of aromatic hydroxyl groups is 1. The van der Waals surface area contributed by atoms with Crippen LogP contribution >= 0.6 is 0 Å². The average Bonchev–Trinajstić information content (AvgIpc) is 2.09. The highest BCUT2D eigenvalue weighted by Crippen LogP contribution is 2.04. The molecule has 0 fully saturated rings. The van der Waals surface area contributed by atoms with E-state index in [0.717, 1.165) is 0 Å². The van der Waals surface area contributed by atoms with Crippen molar-refractivity contribution < 1.29 is 22.6 Å². The number of aromatic amines is 1. The van der Waals surface area contributed by atoms with Crippen LogP contribution in [-0.4, -0.2) is 32.8 Å². The van der Waals surface area contributed by atoms with E-state index in [0.29, 0.717) is 5.82 Å². The van der Waals surface area contributed by atoms with Crippen LogP contribution < -0.4 is 5.73 Å². The van der Waals surface area contributed by atoms with Crippen molar-refractivity contribution in [2.24, 2.45) is 0 Å². The molecule has 9 heteroatoms. The molecule has 0 saturated carbocycles. The van der Waals surface area contributed by atoms with Gasteiger partial charge < -0.3 is 10.8 Å². The smallest absolute Gasteiger partial charge is 0.394 e. The van der Waals surface area contributed by atoms with E-state index in [1.54, 1.807) is 0 Å². The Morgan fingerprint density at radius 1 is 1.50 bits per heavy atom. The third-order valence-electron chi connectivity index (χ3n) is 0.584. The van der Waals surface area contributed by atoms with Gasteiger partial charge in [0.15, 0.2) is 0 Å². The van der Waals surface area contributed by atoms with Crippen molar-refractivity contribution >= 4 is 16.2 Å². The van der Waals surface area contributed by atoms with Gasteiger partial charge in [-0.3, -0.25) is 9.11 Å². The zero-order chi connectivity index (χ0) is 9.78. The third kappa shape index (κ3) is 8.68. The van der Waals surface area contributed by atoms with Gasteiger partial charge in [0.05, 0.1) is 0 Å². The number of nitrogens with two attached hydrogens (primary N) is 1. The summed E-state index contributed by atoms with van der Waals surface area (Å²) in [6.07, 6.45) is 0. The Bertz CT molecular complexity index is 305. The second-order valence-corrected chi connectivity index (χ2v) is 2.52. The number of anilines is 1. The highest BCUT2D eigenvalue weighted by atomic mass is 32.3. The number of nitrogens with one attached hydrogen (secondary N) is 1. The number of hydrogen-bond donors (Lipinski definition) is 5. The maximum Gasteiger partial charge on any atom is 0.394 e. The summed E-state index contributed by atoms with van der Waals surface area (Å²) in [5.41, 5.74) is 5.08. The van der Waals surface area contributed by atoms with Crippen LogP contribution in [0.3, 0.4) is 0 Å². The van der Waals surface area contributed by atoms with Crippen molar-refractivity contribution in [3.8, 4) is 5.88 Å². The highest BCUT2D eigenvalue weighted by molar-refractivity contribution is 7.79. The normalized spacial score (nSPS) is 10.2. The van der Waals surface area contributed by atoms with E-state index in [1.807, 2.05) is 0 Å². The second-order valence-electron chi connectivity index (χ2n) is 1.63. The summed E-state index contributed by atoms with van der Waals surface area (Å²) in [6.45, 7) is 0. The van der Waals surface area contributed by atoms with Crippen molar-refractivity contribution in [2.45, 2.75) is 0 Å². The summed E-state index contributed by atoms with van der Waals surface area (Å²) in [5, 5.41) is 14.1. The molecule has 1 aromatic rings. The largest absolute Gasteiger partial charge is 0.494 e. The van der Waals surface area contributed by atoms with Crippen LogP contribution in [0.1, 0.15) is 0 Å². The first kappa shape index (κ1) is 10.7. The molecule has 1 heterocycles. The SMILES string of the molecule is Nc1cc(O)[nH]n1.O=S(=O)(O)O. The van der Waals surface area contributed by atoms with Crippen LogP contribution in [0.2, 0.25) is 0 Å². The second kappa shape index (κ2) is 3.90. The van der Waals surface area contributed by atoms with E-state index in [4.69, 9.17) is 28.4 Å². The first-order valence-electron chi connectivity index (χ1n) is 2.49. The van der Waals surface area contributed by atoms with Crippen LogP contribution in [0, 0.1) is 0 Å². The molecule has 12 heavy (non-hydrogen) atoms. The van der Waals surface area contributed by atoms with Gasteiger partial charge in [-0.1, -0.05) is 0 Å². The van der Waals surface area contributed by atoms with Crippen molar-refractivity contribution in [3.05, 3.63) is 6.07 Å². The summed E-state index contributed by atoms with van der Waals surface area (Å²) in [4.78, 5) is 0. The lowest BCUT2D eigenvalue weighted by molar-refractivity contribution is 0.381. The van der Waals surface area contributed by atoms with E-state index in [2.05, 4.69) is 10.2 Å². The quantitative estimate of drug-likeness (QED) is 0.336. The Labute approximate surface area is 67.6 Å². The molecule has 0 amide bonds. The van der Waals surface area contributed by atoms with Crippen molar-refractivity contribution in [1.82, 2.24) is 10.2 Å². The number of rotatable bonds is 0. The molecule has 0 radical (unpaired) electrons. The number of hydrogen-bond acceptors (Lipinski definition) is 5. The Hall–Kier alpha value is -1.32. The maximum atomic E-state index is 8.74. The lowest BCUT2D eigenvalue weighted by Crippen LogP contribution is -1.89. The lowest BCUT2D eigenvalue weighted by atomic mass is 10.6. The molecule has 0 aliphatic carbocycles. The number of aromatic nitrogens is 2. The monoisotopic (exact) mass is 197 g/mol. The Morgan fingerprint density at radius 3 is 2.00 bits per heavy atom. The highest BCUT2D eigenvalue weighted by Gasteiger charge is 1.88. The number of nitrogens with zero attached hydrogens (tertiary/aromatic N) is 1. The molecule has 8 nitrogen and oxygen atoms in total.